The first-order chi connectivity index (χ1) is 13.4. The summed E-state index contributed by atoms with van der Waals surface area (Å²) in [6.45, 7) is 1.22. The molecule has 1 aliphatic carbocycles. The molecule has 1 atom stereocenters. The van der Waals surface area contributed by atoms with Crippen molar-refractivity contribution in [2.75, 3.05) is 18.0 Å². The zero-order valence-electron chi connectivity index (χ0n) is 15.0. The van der Waals surface area contributed by atoms with Crippen molar-refractivity contribution in [2.45, 2.75) is 38.9 Å². The molecule has 1 fully saturated rings. The van der Waals surface area contributed by atoms with E-state index in [0.29, 0.717) is 18.9 Å². The van der Waals surface area contributed by atoms with Crippen molar-refractivity contribution in [3.05, 3.63) is 53.3 Å². The number of rotatable bonds is 1. The third-order valence-corrected chi connectivity index (χ3v) is 6.24. The molecule has 3 heterocycles. The largest absolute Gasteiger partial charge is 0.420 e. The van der Waals surface area contributed by atoms with Gasteiger partial charge in [0, 0.05) is 19.1 Å². The van der Waals surface area contributed by atoms with Crippen molar-refractivity contribution in [1.82, 2.24) is 19.8 Å². The Kier molecular flexibility index (Phi) is 4.53. The van der Waals surface area contributed by atoms with E-state index in [2.05, 4.69) is 27.4 Å². The SMILES string of the molecule is C.N[C@@H]1c2ccccc2CC12CCN(c1cc(C(F)(F)F)c3nncn3n1)CC2. The summed E-state index contributed by atoms with van der Waals surface area (Å²) < 4.78 is 41.4. The van der Waals surface area contributed by atoms with Crippen LogP contribution in [0.15, 0.2) is 36.7 Å². The predicted octanol–water partition coefficient (Wildman–Crippen LogP) is 3.62. The van der Waals surface area contributed by atoms with E-state index in [1.807, 2.05) is 17.0 Å². The molecule has 1 saturated heterocycles. The van der Waals surface area contributed by atoms with Gasteiger partial charge in [0.15, 0.2) is 5.65 Å². The van der Waals surface area contributed by atoms with Crippen LogP contribution in [0.25, 0.3) is 5.65 Å². The van der Waals surface area contributed by atoms with Gasteiger partial charge >= 0.3 is 6.18 Å². The molecule has 9 heteroatoms. The Balaban J connectivity index is 0.00000205. The van der Waals surface area contributed by atoms with Crippen LogP contribution in [0.3, 0.4) is 0 Å². The van der Waals surface area contributed by atoms with E-state index in [4.69, 9.17) is 5.73 Å². The van der Waals surface area contributed by atoms with Crippen LogP contribution in [-0.2, 0) is 12.6 Å². The summed E-state index contributed by atoms with van der Waals surface area (Å²) in [6, 6.07) is 9.27. The summed E-state index contributed by atoms with van der Waals surface area (Å²) in [7, 11) is 0. The zero-order valence-corrected chi connectivity index (χ0v) is 15.0. The van der Waals surface area contributed by atoms with E-state index < -0.39 is 11.7 Å². The topological polar surface area (TPSA) is 72.3 Å². The molecule has 0 bridgehead atoms. The first kappa shape index (κ1) is 19.6. The maximum atomic E-state index is 13.4. The van der Waals surface area contributed by atoms with Gasteiger partial charge in [0.1, 0.15) is 17.7 Å². The molecule has 2 aliphatic rings. The summed E-state index contributed by atoms with van der Waals surface area (Å²) in [5.74, 6) is 0.290. The number of halogens is 3. The third-order valence-electron chi connectivity index (χ3n) is 6.24. The summed E-state index contributed by atoms with van der Waals surface area (Å²) in [5, 5.41) is 11.4. The highest BCUT2D eigenvalue weighted by Gasteiger charge is 2.46. The number of alkyl halides is 3. The van der Waals surface area contributed by atoms with Crippen LogP contribution in [0.2, 0.25) is 0 Å². The standard InChI is InChI=1S/C19H19F3N6.CH4/c20-19(21,22)14-9-15(26-28-11-24-25-17(14)28)27-7-5-18(6-8-27)10-12-3-1-2-4-13(12)16(18)23;/h1-4,9,11,16H,5-8,10,23H2;1H4/t16-;/m1./s1. The molecule has 1 aliphatic heterocycles. The highest BCUT2D eigenvalue weighted by atomic mass is 19.4. The van der Waals surface area contributed by atoms with E-state index >= 15 is 0 Å². The van der Waals surface area contributed by atoms with Crippen molar-refractivity contribution < 1.29 is 13.2 Å². The molecular weight excluding hydrogens is 381 g/mol. The van der Waals surface area contributed by atoms with E-state index in [1.54, 1.807) is 0 Å². The molecule has 29 heavy (non-hydrogen) atoms. The van der Waals surface area contributed by atoms with Gasteiger partial charge in [-0.2, -0.15) is 17.7 Å². The second kappa shape index (κ2) is 6.69. The number of piperidine rings is 1. The Hall–Kier alpha value is -2.68. The molecule has 2 N–H and O–H groups in total. The number of nitrogens with zero attached hydrogens (tertiary/aromatic N) is 5. The first-order valence-electron chi connectivity index (χ1n) is 9.24. The fourth-order valence-electron chi connectivity index (χ4n) is 4.66. The van der Waals surface area contributed by atoms with Crippen LogP contribution in [0.1, 0.15) is 43.0 Å². The molecule has 0 saturated carbocycles. The van der Waals surface area contributed by atoms with Crippen molar-refractivity contribution in [3.8, 4) is 0 Å². The van der Waals surface area contributed by atoms with Crippen LogP contribution >= 0.6 is 0 Å². The Morgan fingerprint density at radius 2 is 1.86 bits per heavy atom. The summed E-state index contributed by atoms with van der Waals surface area (Å²) in [4.78, 5) is 1.90. The lowest BCUT2D eigenvalue weighted by molar-refractivity contribution is -0.136. The van der Waals surface area contributed by atoms with Gasteiger partial charge in [0.05, 0.1) is 0 Å². The lowest BCUT2D eigenvalue weighted by Gasteiger charge is -2.42. The number of benzene rings is 1. The molecular formula is C20H23F3N6. The fourth-order valence-corrected chi connectivity index (χ4v) is 4.66. The maximum Gasteiger partial charge on any atom is 0.420 e. The number of hydrogen-bond donors (Lipinski definition) is 1. The summed E-state index contributed by atoms with van der Waals surface area (Å²) >= 11 is 0. The predicted molar refractivity (Wildman–Crippen MR) is 103 cm³/mol. The minimum Gasteiger partial charge on any atom is -0.355 e. The van der Waals surface area contributed by atoms with E-state index in [1.165, 1.54) is 17.5 Å². The minimum absolute atomic E-state index is 0. The van der Waals surface area contributed by atoms with E-state index in [-0.39, 0.29) is 24.5 Å². The number of fused-ring (bicyclic) bond motifs is 2. The Morgan fingerprint density at radius 1 is 1.14 bits per heavy atom. The van der Waals surface area contributed by atoms with E-state index in [9.17, 15) is 13.2 Å². The van der Waals surface area contributed by atoms with Crippen molar-refractivity contribution >= 4 is 11.5 Å². The maximum absolute atomic E-state index is 13.4. The van der Waals surface area contributed by atoms with Gasteiger partial charge in [0.25, 0.3) is 0 Å². The third kappa shape index (κ3) is 3.04. The summed E-state index contributed by atoms with van der Waals surface area (Å²) in [5.41, 5.74) is 7.92. The Labute approximate surface area is 166 Å². The van der Waals surface area contributed by atoms with Gasteiger partial charge in [-0.15, -0.1) is 15.3 Å². The second-order valence-electron chi connectivity index (χ2n) is 7.72. The lowest BCUT2D eigenvalue weighted by Crippen LogP contribution is -2.44. The first-order valence-corrected chi connectivity index (χ1v) is 9.24. The number of aromatic nitrogens is 4. The Bertz CT molecular complexity index is 1040. The average Bonchev–Trinajstić information content (AvgIpc) is 3.24. The normalized spacial score (nSPS) is 20.7. The lowest BCUT2D eigenvalue weighted by atomic mass is 9.73. The van der Waals surface area contributed by atoms with Crippen LogP contribution in [-0.4, -0.2) is 32.9 Å². The van der Waals surface area contributed by atoms with Crippen LogP contribution in [0, 0.1) is 5.41 Å². The summed E-state index contributed by atoms with van der Waals surface area (Å²) in [6.07, 6.45) is -0.774. The van der Waals surface area contributed by atoms with Crippen molar-refractivity contribution in [2.24, 2.45) is 11.1 Å². The molecule has 6 nitrogen and oxygen atoms in total. The van der Waals surface area contributed by atoms with Gasteiger partial charge in [-0.05, 0) is 41.9 Å². The van der Waals surface area contributed by atoms with Gasteiger partial charge in [-0.25, -0.2) is 0 Å². The second-order valence-corrected chi connectivity index (χ2v) is 7.72. The average molecular weight is 404 g/mol. The van der Waals surface area contributed by atoms with Crippen molar-refractivity contribution in [1.29, 1.82) is 0 Å². The quantitative estimate of drug-likeness (QED) is 0.671. The van der Waals surface area contributed by atoms with Crippen LogP contribution in [0.4, 0.5) is 19.0 Å². The van der Waals surface area contributed by atoms with Gasteiger partial charge in [-0.1, -0.05) is 31.7 Å². The molecule has 0 amide bonds. The Morgan fingerprint density at radius 3 is 2.55 bits per heavy atom. The van der Waals surface area contributed by atoms with Crippen LogP contribution < -0.4 is 10.6 Å². The number of hydrogen-bond acceptors (Lipinski definition) is 5. The zero-order chi connectivity index (χ0) is 19.5. The molecule has 154 valence electrons. The minimum atomic E-state index is -4.52. The molecule has 2 aromatic heterocycles. The fraction of sp³-hybridized carbons (Fsp3) is 0.450. The highest BCUT2D eigenvalue weighted by Crippen LogP contribution is 2.51. The molecule has 1 aromatic carbocycles. The van der Waals surface area contributed by atoms with Gasteiger partial charge in [-0.3, -0.25) is 0 Å². The highest BCUT2D eigenvalue weighted by molar-refractivity contribution is 5.54. The van der Waals surface area contributed by atoms with Gasteiger partial charge in [0.2, 0.25) is 0 Å². The van der Waals surface area contributed by atoms with Gasteiger partial charge < -0.3 is 10.6 Å². The molecule has 0 unspecified atom stereocenters. The molecule has 1 spiro atoms. The van der Waals surface area contributed by atoms with Crippen molar-refractivity contribution in [3.63, 3.8) is 0 Å². The van der Waals surface area contributed by atoms with Crippen LogP contribution in [0.5, 0.6) is 0 Å². The number of nitrogens with two attached hydrogens (primary N) is 1. The number of anilines is 1. The monoisotopic (exact) mass is 404 g/mol. The molecule has 5 rings (SSSR count). The molecule has 0 radical (unpaired) electrons. The van der Waals surface area contributed by atoms with E-state index in [0.717, 1.165) is 29.8 Å². The smallest absolute Gasteiger partial charge is 0.355 e. The molecule has 3 aromatic rings.